The van der Waals surface area contributed by atoms with Gasteiger partial charge in [0.05, 0.1) is 6.20 Å². The molecule has 0 radical (unpaired) electrons. The summed E-state index contributed by atoms with van der Waals surface area (Å²) in [6.45, 7) is 3.48. The minimum atomic E-state index is -0.332. The van der Waals surface area contributed by atoms with Crippen molar-refractivity contribution in [3.8, 4) is 17.0 Å². The average molecular weight is 338 g/mol. The van der Waals surface area contributed by atoms with Gasteiger partial charge in [0.2, 0.25) is 0 Å². The lowest BCUT2D eigenvalue weighted by Gasteiger charge is -2.05. The van der Waals surface area contributed by atoms with Crippen LogP contribution in [0.3, 0.4) is 0 Å². The van der Waals surface area contributed by atoms with Crippen molar-refractivity contribution in [3.63, 3.8) is 0 Å². The van der Waals surface area contributed by atoms with Gasteiger partial charge in [-0.25, -0.2) is 0 Å². The largest absolute Gasteiger partial charge is 0.503 e. The number of aromatic nitrogens is 4. The molecule has 0 aliphatic rings. The summed E-state index contributed by atoms with van der Waals surface area (Å²) in [6.07, 6.45) is 6.49. The van der Waals surface area contributed by atoms with E-state index in [0.29, 0.717) is 6.54 Å². The molecule has 1 aromatic carbocycles. The van der Waals surface area contributed by atoms with E-state index >= 15 is 0 Å². The van der Waals surface area contributed by atoms with Crippen LogP contribution in [-0.4, -0.2) is 24.7 Å². The van der Waals surface area contributed by atoms with Gasteiger partial charge in [-0.3, -0.25) is 9.48 Å². The van der Waals surface area contributed by atoms with E-state index in [1.54, 1.807) is 16.8 Å². The number of nitrogens with zero attached hydrogens (tertiary/aromatic N) is 4. The highest BCUT2D eigenvalue weighted by atomic mass is 16.3. The van der Waals surface area contributed by atoms with Crippen LogP contribution < -0.4 is 5.56 Å². The first kappa shape index (κ1) is 17.0. The summed E-state index contributed by atoms with van der Waals surface area (Å²) in [4.78, 5) is 11.7. The number of unbranched alkanes of at least 4 members (excludes halogenated alkanes) is 2. The van der Waals surface area contributed by atoms with E-state index in [1.165, 1.54) is 11.6 Å². The summed E-state index contributed by atoms with van der Waals surface area (Å²) in [5.41, 5.74) is 2.86. The van der Waals surface area contributed by atoms with Gasteiger partial charge in [-0.1, -0.05) is 29.5 Å². The van der Waals surface area contributed by atoms with Gasteiger partial charge in [0.15, 0.2) is 5.75 Å². The molecule has 0 fully saturated rings. The fraction of sp³-hybridized carbons (Fsp3) is 0.316. The van der Waals surface area contributed by atoms with Gasteiger partial charge in [-0.15, -0.1) is 5.10 Å². The van der Waals surface area contributed by atoms with E-state index < -0.39 is 0 Å². The maximum atomic E-state index is 11.7. The van der Waals surface area contributed by atoms with Gasteiger partial charge >= 0.3 is 0 Å². The summed E-state index contributed by atoms with van der Waals surface area (Å²) >= 11 is 0. The smallest absolute Gasteiger partial charge is 0.292 e. The van der Waals surface area contributed by atoms with E-state index in [0.717, 1.165) is 37.1 Å². The van der Waals surface area contributed by atoms with Crippen LogP contribution in [0, 0.1) is 6.92 Å². The maximum Gasteiger partial charge on any atom is 0.292 e. The van der Waals surface area contributed by atoms with Crippen molar-refractivity contribution in [2.24, 2.45) is 0 Å². The van der Waals surface area contributed by atoms with Gasteiger partial charge in [-0.2, -0.15) is 0 Å². The number of benzene rings is 1. The fourth-order valence-corrected chi connectivity index (χ4v) is 2.82. The minimum absolute atomic E-state index is 0.200. The highest BCUT2D eigenvalue weighted by Gasteiger charge is 2.06. The molecule has 0 aliphatic carbocycles. The third kappa shape index (κ3) is 4.15. The number of rotatable bonds is 7. The van der Waals surface area contributed by atoms with Crippen LogP contribution in [0.2, 0.25) is 0 Å². The second kappa shape index (κ2) is 7.79. The van der Waals surface area contributed by atoms with Crippen LogP contribution in [0.4, 0.5) is 0 Å². The summed E-state index contributed by atoms with van der Waals surface area (Å²) < 4.78 is 3.41. The van der Waals surface area contributed by atoms with Crippen molar-refractivity contribution in [3.05, 3.63) is 64.7 Å². The van der Waals surface area contributed by atoms with Crippen LogP contribution in [0.25, 0.3) is 11.3 Å². The summed E-state index contributed by atoms with van der Waals surface area (Å²) in [5, 5.41) is 17.9. The van der Waals surface area contributed by atoms with Gasteiger partial charge in [0, 0.05) is 24.8 Å². The van der Waals surface area contributed by atoms with E-state index in [9.17, 15) is 9.90 Å². The molecule has 0 atom stereocenters. The summed E-state index contributed by atoms with van der Waals surface area (Å²) in [7, 11) is 0. The SMILES string of the molecule is Cc1ccccc1-c1cn(CCCCCn2cccc(O)c2=O)nn1. The molecular formula is C19H22N4O2. The predicted molar refractivity (Wildman–Crippen MR) is 96.4 cm³/mol. The molecule has 0 unspecified atom stereocenters. The molecule has 0 bridgehead atoms. The first-order valence-corrected chi connectivity index (χ1v) is 8.50. The Labute approximate surface area is 146 Å². The molecule has 0 saturated heterocycles. The van der Waals surface area contributed by atoms with Crippen LogP contribution in [0.5, 0.6) is 5.75 Å². The third-order valence-corrected chi connectivity index (χ3v) is 4.25. The van der Waals surface area contributed by atoms with Crippen LogP contribution >= 0.6 is 0 Å². The average Bonchev–Trinajstić information content (AvgIpc) is 3.07. The first-order valence-electron chi connectivity index (χ1n) is 8.50. The zero-order valence-corrected chi connectivity index (χ0v) is 14.3. The van der Waals surface area contributed by atoms with E-state index in [1.807, 2.05) is 23.0 Å². The molecule has 0 amide bonds. The van der Waals surface area contributed by atoms with Crippen molar-refractivity contribution in [2.45, 2.75) is 39.3 Å². The molecule has 3 aromatic rings. The molecule has 2 aromatic heterocycles. The van der Waals surface area contributed by atoms with Crippen molar-refractivity contribution in [1.29, 1.82) is 0 Å². The second-order valence-corrected chi connectivity index (χ2v) is 6.13. The van der Waals surface area contributed by atoms with Crippen molar-refractivity contribution < 1.29 is 5.11 Å². The monoisotopic (exact) mass is 338 g/mol. The van der Waals surface area contributed by atoms with Crippen molar-refractivity contribution >= 4 is 0 Å². The maximum absolute atomic E-state index is 11.7. The molecule has 130 valence electrons. The highest BCUT2D eigenvalue weighted by Crippen LogP contribution is 2.20. The summed E-state index contributed by atoms with van der Waals surface area (Å²) in [6, 6.07) is 11.2. The molecule has 0 aliphatic heterocycles. The lowest BCUT2D eigenvalue weighted by atomic mass is 10.1. The van der Waals surface area contributed by atoms with E-state index in [2.05, 4.69) is 29.4 Å². The molecule has 3 rings (SSSR count). The zero-order chi connectivity index (χ0) is 17.6. The zero-order valence-electron chi connectivity index (χ0n) is 14.3. The molecular weight excluding hydrogens is 316 g/mol. The summed E-state index contributed by atoms with van der Waals surface area (Å²) in [5.74, 6) is -0.200. The molecule has 0 saturated carbocycles. The predicted octanol–water partition coefficient (Wildman–Crippen LogP) is 2.99. The molecule has 6 nitrogen and oxygen atoms in total. The Hall–Kier alpha value is -2.89. The van der Waals surface area contributed by atoms with Gasteiger partial charge < -0.3 is 9.67 Å². The fourth-order valence-electron chi connectivity index (χ4n) is 2.82. The van der Waals surface area contributed by atoms with Crippen LogP contribution in [0.15, 0.2) is 53.6 Å². The number of hydrogen-bond acceptors (Lipinski definition) is 4. The Balaban J connectivity index is 1.48. The molecule has 1 N–H and O–H groups in total. The van der Waals surface area contributed by atoms with E-state index in [-0.39, 0.29) is 11.3 Å². The standard InChI is InChI=1S/C19H22N4O2/c1-15-8-3-4-9-16(15)17-14-23(21-20-17)13-6-2-5-11-22-12-7-10-18(24)19(22)25/h3-4,7-10,12,14,24H,2,5-6,11,13H2,1H3. The lowest BCUT2D eigenvalue weighted by molar-refractivity contribution is 0.451. The number of aromatic hydroxyl groups is 1. The minimum Gasteiger partial charge on any atom is -0.503 e. The van der Waals surface area contributed by atoms with Gasteiger partial charge in [-0.05, 0) is 43.9 Å². The third-order valence-electron chi connectivity index (χ3n) is 4.25. The van der Waals surface area contributed by atoms with Crippen LogP contribution in [0.1, 0.15) is 24.8 Å². The first-order chi connectivity index (χ1) is 12.1. The normalized spacial score (nSPS) is 10.9. The van der Waals surface area contributed by atoms with E-state index in [4.69, 9.17) is 0 Å². The molecule has 0 spiro atoms. The lowest BCUT2D eigenvalue weighted by Crippen LogP contribution is -2.18. The number of pyridine rings is 1. The Morgan fingerprint density at radius 3 is 2.68 bits per heavy atom. The van der Waals surface area contributed by atoms with Gasteiger partial charge in [0.25, 0.3) is 5.56 Å². The van der Waals surface area contributed by atoms with Crippen molar-refractivity contribution in [1.82, 2.24) is 19.6 Å². The highest BCUT2D eigenvalue weighted by molar-refractivity contribution is 5.61. The van der Waals surface area contributed by atoms with Crippen LogP contribution in [-0.2, 0) is 13.1 Å². The number of hydrogen-bond donors (Lipinski definition) is 1. The second-order valence-electron chi connectivity index (χ2n) is 6.13. The molecule has 2 heterocycles. The Morgan fingerprint density at radius 1 is 1.04 bits per heavy atom. The molecule has 6 heteroatoms. The number of aryl methyl sites for hydroxylation is 3. The molecule has 25 heavy (non-hydrogen) atoms. The van der Waals surface area contributed by atoms with Crippen molar-refractivity contribution in [2.75, 3.05) is 0 Å². The topological polar surface area (TPSA) is 72.9 Å². The Morgan fingerprint density at radius 2 is 1.84 bits per heavy atom. The Bertz CT molecular complexity index is 898. The van der Waals surface area contributed by atoms with Gasteiger partial charge in [0.1, 0.15) is 5.69 Å². The Kier molecular flexibility index (Phi) is 5.28. The quantitative estimate of drug-likeness (QED) is 0.672.